The van der Waals surface area contributed by atoms with E-state index in [4.69, 9.17) is 11.2 Å². The summed E-state index contributed by atoms with van der Waals surface area (Å²) in [6, 6.07) is 0. The number of hydrogen-bond donors (Lipinski definition) is 0. The minimum Gasteiger partial charge on any atom is -0.492 e. The summed E-state index contributed by atoms with van der Waals surface area (Å²) in [5.41, 5.74) is 0. The Balaban J connectivity index is 2.88. The monoisotopic (exact) mass is 182 g/mol. The molecule has 64 valence electrons. The van der Waals surface area contributed by atoms with Gasteiger partial charge in [0.1, 0.15) is 0 Å². The number of hydrogen-bond acceptors (Lipinski definition) is 3. The van der Waals surface area contributed by atoms with Crippen molar-refractivity contribution in [2.75, 3.05) is 7.11 Å². The first kappa shape index (κ1) is 9.21. The molecular formula is C9H10O2S. The zero-order valence-corrected chi connectivity index (χ0v) is 7.90. The Morgan fingerprint density at radius 3 is 2.92 bits per heavy atom. The molecule has 0 bridgehead atoms. The zero-order valence-electron chi connectivity index (χ0n) is 7.09. The van der Waals surface area contributed by atoms with Crippen LogP contribution in [-0.2, 0) is 9.53 Å². The van der Waals surface area contributed by atoms with Crippen LogP contribution in [0.4, 0.5) is 0 Å². The molecule has 1 rings (SSSR count). The molecule has 1 atom stereocenters. The number of allylic oxidation sites excluding steroid dienone is 2. The van der Waals surface area contributed by atoms with Crippen LogP contribution in [-0.4, -0.2) is 18.1 Å². The van der Waals surface area contributed by atoms with E-state index in [1.807, 2.05) is 6.92 Å². The number of terminal acetylenes is 1. The van der Waals surface area contributed by atoms with E-state index in [2.05, 4.69) is 5.92 Å². The highest BCUT2D eigenvalue weighted by molar-refractivity contribution is 8.04. The molecule has 0 N–H and O–H groups in total. The fourth-order valence-electron chi connectivity index (χ4n) is 1.07. The summed E-state index contributed by atoms with van der Waals surface area (Å²) in [4.78, 5) is 12.2. The van der Waals surface area contributed by atoms with Crippen LogP contribution in [0, 0.1) is 12.3 Å². The van der Waals surface area contributed by atoms with Gasteiger partial charge in [0.15, 0.2) is 5.76 Å². The van der Waals surface area contributed by atoms with Gasteiger partial charge in [0.25, 0.3) is 0 Å². The molecule has 3 heteroatoms. The van der Waals surface area contributed by atoms with Crippen LogP contribution in [0.25, 0.3) is 0 Å². The Bertz CT molecular complexity index is 273. The predicted octanol–water partition coefficient (Wildman–Crippen LogP) is 1.57. The van der Waals surface area contributed by atoms with Gasteiger partial charge in [-0.05, 0) is 6.92 Å². The molecule has 0 saturated carbocycles. The molecule has 1 unspecified atom stereocenters. The standard InChI is InChI=1S/C9H10O2S/c1-4-5-7-9(11-3)8(10)6(2)12-7/h1,6H,5H2,2-3H3. The average molecular weight is 182 g/mol. The van der Waals surface area contributed by atoms with Gasteiger partial charge in [-0.2, -0.15) is 0 Å². The highest BCUT2D eigenvalue weighted by Gasteiger charge is 2.31. The molecule has 2 nitrogen and oxygen atoms in total. The lowest BCUT2D eigenvalue weighted by atomic mass is 10.2. The molecule has 0 radical (unpaired) electrons. The van der Waals surface area contributed by atoms with E-state index in [1.54, 1.807) is 0 Å². The molecule has 1 heterocycles. The van der Waals surface area contributed by atoms with E-state index in [0.29, 0.717) is 12.2 Å². The molecule has 0 aromatic heterocycles. The number of carbonyl (C=O) groups is 1. The van der Waals surface area contributed by atoms with Gasteiger partial charge >= 0.3 is 0 Å². The van der Waals surface area contributed by atoms with Crippen molar-refractivity contribution < 1.29 is 9.53 Å². The summed E-state index contributed by atoms with van der Waals surface area (Å²) in [5, 5.41) is -0.0386. The summed E-state index contributed by atoms with van der Waals surface area (Å²) < 4.78 is 4.97. The minimum absolute atomic E-state index is 0.0386. The third-order valence-electron chi connectivity index (χ3n) is 1.63. The molecule has 0 amide bonds. The maximum atomic E-state index is 11.3. The molecule has 0 aromatic carbocycles. The SMILES string of the molecule is C#CCC1=C(OC)C(=O)C(C)S1. The first-order valence-electron chi connectivity index (χ1n) is 3.62. The largest absolute Gasteiger partial charge is 0.492 e. The van der Waals surface area contributed by atoms with Crippen molar-refractivity contribution in [3.05, 3.63) is 10.7 Å². The molecule has 0 fully saturated rings. The van der Waals surface area contributed by atoms with E-state index in [0.717, 1.165) is 4.91 Å². The lowest BCUT2D eigenvalue weighted by Crippen LogP contribution is -2.10. The van der Waals surface area contributed by atoms with Crippen molar-refractivity contribution in [1.82, 2.24) is 0 Å². The van der Waals surface area contributed by atoms with Gasteiger partial charge in [-0.25, -0.2) is 0 Å². The Labute approximate surface area is 76.4 Å². The van der Waals surface area contributed by atoms with Crippen LogP contribution in [0.5, 0.6) is 0 Å². The van der Waals surface area contributed by atoms with Crippen molar-refractivity contribution in [2.24, 2.45) is 0 Å². The fourth-order valence-corrected chi connectivity index (χ4v) is 2.17. The van der Waals surface area contributed by atoms with E-state index < -0.39 is 0 Å². The Morgan fingerprint density at radius 1 is 1.75 bits per heavy atom. The molecule has 0 aliphatic carbocycles. The van der Waals surface area contributed by atoms with E-state index in [-0.39, 0.29) is 11.0 Å². The molecule has 0 saturated heterocycles. The highest BCUT2D eigenvalue weighted by atomic mass is 32.2. The first-order valence-corrected chi connectivity index (χ1v) is 4.50. The quantitative estimate of drug-likeness (QED) is 0.606. The van der Waals surface area contributed by atoms with Gasteiger partial charge in [-0.3, -0.25) is 4.79 Å². The number of Topliss-reactive ketones (excluding diaryl/α,β-unsaturated/α-hetero) is 1. The van der Waals surface area contributed by atoms with Crippen LogP contribution in [0.3, 0.4) is 0 Å². The zero-order chi connectivity index (χ0) is 9.14. The van der Waals surface area contributed by atoms with Crippen LogP contribution in [0.15, 0.2) is 10.7 Å². The maximum absolute atomic E-state index is 11.3. The highest BCUT2D eigenvalue weighted by Crippen LogP contribution is 2.36. The number of methoxy groups -OCH3 is 1. The topological polar surface area (TPSA) is 26.3 Å². The Hall–Kier alpha value is -0.880. The summed E-state index contributed by atoms with van der Waals surface area (Å²) in [7, 11) is 1.50. The molecule has 0 aromatic rings. The van der Waals surface area contributed by atoms with Gasteiger partial charge in [0.05, 0.1) is 12.4 Å². The first-order chi connectivity index (χ1) is 5.70. The molecule has 0 spiro atoms. The van der Waals surface area contributed by atoms with Crippen LogP contribution < -0.4 is 0 Å². The summed E-state index contributed by atoms with van der Waals surface area (Å²) in [6.45, 7) is 1.86. The minimum atomic E-state index is -0.0386. The second-order valence-corrected chi connectivity index (χ2v) is 3.90. The second-order valence-electron chi connectivity index (χ2n) is 2.46. The third kappa shape index (κ3) is 1.49. The predicted molar refractivity (Wildman–Crippen MR) is 49.5 cm³/mol. The summed E-state index contributed by atoms with van der Waals surface area (Å²) in [5.74, 6) is 3.00. The van der Waals surface area contributed by atoms with Gasteiger partial charge in [-0.15, -0.1) is 24.1 Å². The van der Waals surface area contributed by atoms with E-state index in [1.165, 1.54) is 18.9 Å². The van der Waals surface area contributed by atoms with E-state index >= 15 is 0 Å². The van der Waals surface area contributed by atoms with Crippen LogP contribution in [0.2, 0.25) is 0 Å². The number of rotatable bonds is 2. The van der Waals surface area contributed by atoms with Crippen LogP contribution in [0.1, 0.15) is 13.3 Å². The number of thioether (sulfide) groups is 1. The van der Waals surface area contributed by atoms with Gasteiger partial charge in [0.2, 0.25) is 5.78 Å². The average Bonchev–Trinajstić information content (AvgIpc) is 2.29. The normalized spacial score (nSPS) is 22.8. The van der Waals surface area contributed by atoms with Gasteiger partial charge in [-0.1, -0.05) is 0 Å². The maximum Gasteiger partial charge on any atom is 0.211 e. The number of ketones is 1. The van der Waals surface area contributed by atoms with Gasteiger partial charge < -0.3 is 4.74 Å². The van der Waals surface area contributed by atoms with Crippen LogP contribution >= 0.6 is 11.8 Å². The Morgan fingerprint density at radius 2 is 2.42 bits per heavy atom. The summed E-state index contributed by atoms with van der Waals surface area (Å²) >= 11 is 1.49. The smallest absolute Gasteiger partial charge is 0.211 e. The van der Waals surface area contributed by atoms with Gasteiger partial charge in [0, 0.05) is 11.3 Å². The lowest BCUT2D eigenvalue weighted by molar-refractivity contribution is -0.117. The molecule has 1 aliphatic rings. The van der Waals surface area contributed by atoms with Crippen molar-refractivity contribution in [1.29, 1.82) is 0 Å². The fraction of sp³-hybridized carbons (Fsp3) is 0.444. The molecule has 1 aliphatic heterocycles. The number of ether oxygens (including phenoxy) is 1. The molecular weight excluding hydrogens is 172 g/mol. The third-order valence-corrected chi connectivity index (χ3v) is 2.81. The Kier molecular flexibility index (Phi) is 2.83. The molecule has 12 heavy (non-hydrogen) atoms. The second kappa shape index (κ2) is 3.68. The van der Waals surface area contributed by atoms with E-state index in [9.17, 15) is 4.79 Å². The van der Waals surface area contributed by atoms with Crippen molar-refractivity contribution in [3.8, 4) is 12.3 Å². The number of carbonyl (C=O) groups excluding carboxylic acids is 1. The van der Waals surface area contributed by atoms with Crippen molar-refractivity contribution in [3.63, 3.8) is 0 Å². The van der Waals surface area contributed by atoms with Crippen molar-refractivity contribution >= 4 is 17.5 Å². The lowest BCUT2D eigenvalue weighted by Gasteiger charge is -1.99. The summed E-state index contributed by atoms with van der Waals surface area (Å²) in [6.07, 6.45) is 5.64. The van der Waals surface area contributed by atoms with Crippen molar-refractivity contribution in [2.45, 2.75) is 18.6 Å².